The van der Waals surface area contributed by atoms with Gasteiger partial charge in [-0.15, -0.1) is 0 Å². The lowest BCUT2D eigenvalue weighted by Gasteiger charge is -1.84. The van der Waals surface area contributed by atoms with Gasteiger partial charge >= 0.3 is 0 Å². The molecule has 10 heavy (non-hydrogen) atoms. The highest BCUT2D eigenvalue weighted by molar-refractivity contribution is 5.90. The van der Waals surface area contributed by atoms with Gasteiger partial charge in [-0.1, -0.05) is 0 Å². The molecule has 4 heteroatoms. The summed E-state index contributed by atoms with van der Waals surface area (Å²) in [5.41, 5.74) is 4.50. The van der Waals surface area contributed by atoms with Crippen molar-refractivity contribution in [3.63, 3.8) is 0 Å². The summed E-state index contributed by atoms with van der Waals surface area (Å²) in [4.78, 5) is 19.8. The first-order chi connectivity index (χ1) is 4.81. The quantitative estimate of drug-likeness (QED) is 0.388. The summed E-state index contributed by atoms with van der Waals surface area (Å²) in [6.45, 7) is 0. The first-order valence-corrected chi connectivity index (χ1v) is 2.72. The molecule has 0 heterocycles. The third-order valence-corrected chi connectivity index (χ3v) is 0.573. The van der Waals surface area contributed by atoms with Crippen LogP contribution in [0.25, 0.3) is 0 Å². The normalized spacial score (nSPS) is 7.90. The average Bonchev–Trinajstić information content (AvgIpc) is 2.04. The Kier molecular flexibility index (Phi) is 12.5. The lowest BCUT2D eigenvalue weighted by Crippen LogP contribution is -2.13. The second-order valence-electron chi connectivity index (χ2n) is 1.11. The number of allylic oxidation sites excluding steroid dienone is 1. The van der Waals surface area contributed by atoms with Gasteiger partial charge in [-0.05, 0) is 13.1 Å². The predicted octanol–water partition coefficient (Wildman–Crippen LogP) is -0.938. The average molecular weight is 144 g/mol. The molecule has 0 saturated heterocycles. The van der Waals surface area contributed by atoms with Crippen LogP contribution in [0.1, 0.15) is 0 Å². The fourth-order valence-electron chi connectivity index (χ4n) is 0.210. The second kappa shape index (κ2) is 10.8. The van der Waals surface area contributed by atoms with Crippen LogP contribution in [0, 0.1) is 0 Å². The molecule has 58 valence electrons. The van der Waals surface area contributed by atoms with Gasteiger partial charge in [-0.25, -0.2) is 0 Å². The van der Waals surface area contributed by atoms with E-state index >= 15 is 0 Å². The smallest absolute Gasteiger partial charge is 0.243 e. The Hall–Kier alpha value is -1.16. The van der Waals surface area contributed by atoms with Crippen molar-refractivity contribution in [3.8, 4) is 0 Å². The molecular weight excluding hydrogens is 132 g/mol. The van der Waals surface area contributed by atoms with Crippen LogP contribution in [0.5, 0.6) is 0 Å². The fraction of sp³-hybridized carbons (Fsp3) is 0.333. The largest absolute Gasteiger partial charge is 0.356 e. The molecule has 0 aliphatic rings. The van der Waals surface area contributed by atoms with Crippen LogP contribution < -0.4 is 11.1 Å². The summed E-state index contributed by atoms with van der Waals surface area (Å²) in [5, 5.41) is 2.32. The minimum Gasteiger partial charge on any atom is -0.356 e. The van der Waals surface area contributed by atoms with E-state index in [4.69, 9.17) is 0 Å². The summed E-state index contributed by atoms with van der Waals surface area (Å²) < 4.78 is 0. The van der Waals surface area contributed by atoms with E-state index in [-0.39, 0.29) is 5.91 Å². The standard InChI is InChI=1S/C5H7NO2.CH5N/c1-6-5(8)3-2-4-7;1-2/h2-4H,1H3,(H,6,8);2H2,1H3/b3-2-;. The lowest BCUT2D eigenvalue weighted by molar-refractivity contribution is -0.116. The maximum absolute atomic E-state index is 10.2. The van der Waals surface area contributed by atoms with Gasteiger partial charge in [0.25, 0.3) is 0 Å². The van der Waals surface area contributed by atoms with E-state index in [0.717, 1.165) is 12.2 Å². The minimum absolute atomic E-state index is 0.267. The number of carbonyl (C=O) groups is 2. The van der Waals surface area contributed by atoms with E-state index in [0.29, 0.717) is 6.29 Å². The molecule has 0 radical (unpaired) electrons. The molecule has 0 saturated carbocycles. The van der Waals surface area contributed by atoms with Crippen molar-refractivity contribution in [2.24, 2.45) is 5.73 Å². The van der Waals surface area contributed by atoms with E-state index in [1.807, 2.05) is 0 Å². The predicted molar refractivity (Wildman–Crippen MR) is 39.4 cm³/mol. The Labute approximate surface area is 60.1 Å². The SMILES string of the molecule is CN.CNC(=O)/C=C\C=O. The Morgan fingerprint density at radius 3 is 2.30 bits per heavy atom. The highest BCUT2D eigenvalue weighted by Crippen LogP contribution is 1.65. The maximum Gasteiger partial charge on any atom is 0.243 e. The van der Waals surface area contributed by atoms with Gasteiger partial charge in [-0.2, -0.15) is 0 Å². The van der Waals surface area contributed by atoms with Crippen LogP contribution in [0.4, 0.5) is 0 Å². The van der Waals surface area contributed by atoms with E-state index in [9.17, 15) is 9.59 Å². The van der Waals surface area contributed by atoms with Crippen LogP contribution in [0.2, 0.25) is 0 Å². The Balaban J connectivity index is 0. The van der Waals surface area contributed by atoms with Crippen molar-refractivity contribution in [3.05, 3.63) is 12.2 Å². The van der Waals surface area contributed by atoms with Crippen LogP contribution in [0.3, 0.4) is 0 Å². The second-order valence-corrected chi connectivity index (χ2v) is 1.11. The highest BCUT2D eigenvalue weighted by Gasteiger charge is 1.83. The van der Waals surface area contributed by atoms with E-state index in [1.165, 1.54) is 14.1 Å². The third kappa shape index (κ3) is 9.96. The molecule has 3 N–H and O–H groups in total. The number of nitrogens with two attached hydrogens (primary N) is 1. The molecular formula is C6H12N2O2. The monoisotopic (exact) mass is 144 g/mol. The van der Waals surface area contributed by atoms with Gasteiger partial charge in [0.05, 0.1) is 0 Å². The summed E-state index contributed by atoms with van der Waals surface area (Å²) >= 11 is 0. The molecule has 0 spiro atoms. The van der Waals surface area contributed by atoms with Gasteiger partial charge < -0.3 is 11.1 Å². The molecule has 4 nitrogen and oxygen atoms in total. The van der Waals surface area contributed by atoms with Crippen molar-refractivity contribution in [2.45, 2.75) is 0 Å². The molecule has 1 amide bonds. The number of carbonyl (C=O) groups excluding carboxylic acids is 2. The van der Waals surface area contributed by atoms with E-state index < -0.39 is 0 Å². The number of rotatable bonds is 2. The summed E-state index contributed by atoms with van der Waals surface area (Å²) in [5.74, 6) is -0.267. The molecule has 0 bridgehead atoms. The zero-order chi connectivity index (χ0) is 8.41. The number of aldehydes is 1. The highest BCUT2D eigenvalue weighted by atomic mass is 16.1. The molecule has 0 aromatic carbocycles. The van der Waals surface area contributed by atoms with E-state index in [1.54, 1.807) is 0 Å². The number of hydrogen-bond acceptors (Lipinski definition) is 3. The minimum atomic E-state index is -0.267. The van der Waals surface area contributed by atoms with E-state index in [2.05, 4.69) is 11.1 Å². The Morgan fingerprint density at radius 2 is 2.00 bits per heavy atom. The maximum atomic E-state index is 10.2. The molecule has 0 unspecified atom stereocenters. The van der Waals surface area contributed by atoms with Gasteiger partial charge in [0.2, 0.25) is 5.91 Å². The number of hydrogen-bond donors (Lipinski definition) is 2. The molecule has 0 atom stereocenters. The first-order valence-electron chi connectivity index (χ1n) is 2.72. The topological polar surface area (TPSA) is 72.2 Å². The molecule has 0 aromatic rings. The van der Waals surface area contributed by atoms with Crippen LogP contribution >= 0.6 is 0 Å². The molecule has 0 rings (SSSR count). The van der Waals surface area contributed by atoms with Crippen LogP contribution in [-0.4, -0.2) is 26.3 Å². The third-order valence-electron chi connectivity index (χ3n) is 0.573. The van der Waals surface area contributed by atoms with Crippen molar-refractivity contribution >= 4 is 12.2 Å². The van der Waals surface area contributed by atoms with Gasteiger partial charge in [0, 0.05) is 13.1 Å². The van der Waals surface area contributed by atoms with Crippen molar-refractivity contribution in [1.82, 2.24) is 5.32 Å². The van der Waals surface area contributed by atoms with Crippen LogP contribution in [-0.2, 0) is 9.59 Å². The number of likely N-dealkylation sites (N-methyl/N-ethyl adjacent to an activating group) is 1. The van der Waals surface area contributed by atoms with Crippen LogP contribution in [0.15, 0.2) is 12.2 Å². The molecule has 0 aromatic heterocycles. The lowest BCUT2D eigenvalue weighted by atomic mass is 10.5. The molecule has 0 aliphatic heterocycles. The van der Waals surface area contributed by atoms with Crippen molar-refractivity contribution in [2.75, 3.05) is 14.1 Å². The zero-order valence-corrected chi connectivity index (χ0v) is 6.13. The number of amides is 1. The summed E-state index contributed by atoms with van der Waals surface area (Å²) in [6, 6.07) is 0. The van der Waals surface area contributed by atoms with Gasteiger partial charge in [-0.3, -0.25) is 9.59 Å². The molecule has 0 aliphatic carbocycles. The van der Waals surface area contributed by atoms with Crippen molar-refractivity contribution < 1.29 is 9.59 Å². The first kappa shape index (κ1) is 11.6. The molecule has 0 fully saturated rings. The number of nitrogens with one attached hydrogen (secondary N) is 1. The fourth-order valence-corrected chi connectivity index (χ4v) is 0.210. The summed E-state index contributed by atoms with van der Waals surface area (Å²) in [7, 11) is 3.00. The Morgan fingerprint density at radius 1 is 1.50 bits per heavy atom. The zero-order valence-electron chi connectivity index (χ0n) is 6.13. The van der Waals surface area contributed by atoms with Gasteiger partial charge in [0.1, 0.15) is 6.29 Å². The van der Waals surface area contributed by atoms with Crippen molar-refractivity contribution in [1.29, 1.82) is 0 Å². The Bertz CT molecular complexity index is 121. The van der Waals surface area contributed by atoms with Gasteiger partial charge in [0.15, 0.2) is 0 Å². The summed E-state index contributed by atoms with van der Waals surface area (Å²) in [6.07, 6.45) is 2.85.